The highest BCUT2D eigenvalue weighted by atomic mass is 16.5. The van der Waals surface area contributed by atoms with Gasteiger partial charge in [-0.2, -0.15) is 0 Å². The Morgan fingerprint density at radius 3 is 2.70 bits per heavy atom. The van der Waals surface area contributed by atoms with E-state index in [4.69, 9.17) is 4.74 Å². The number of likely N-dealkylation sites (N-methyl/N-ethyl adjacent to an activating group) is 1. The van der Waals surface area contributed by atoms with Gasteiger partial charge in [0.25, 0.3) is 0 Å². The molecule has 2 fully saturated rings. The zero-order valence-corrected chi connectivity index (χ0v) is 13.8. The summed E-state index contributed by atoms with van der Waals surface area (Å²) in [6.45, 7) is 12.2. The molecule has 3 unspecified atom stereocenters. The highest BCUT2D eigenvalue weighted by Crippen LogP contribution is 2.31. The standard InChI is InChI=1S/C16H33N3O/c1-5-17-11-16(7-6-8-20-13-16)12-19-9-14(2)15(10-19)18(3)4/h14-15,17H,5-13H2,1-4H3. The van der Waals surface area contributed by atoms with Crippen LogP contribution in [0.1, 0.15) is 26.7 Å². The molecule has 4 heteroatoms. The molecule has 2 rings (SSSR count). The molecule has 2 aliphatic heterocycles. The van der Waals surface area contributed by atoms with Gasteiger partial charge in [-0.1, -0.05) is 13.8 Å². The van der Waals surface area contributed by atoms with Crippen molar-refractivity contribution in [3.63, 3.8) is 0 Å². The molecule has 20 heavy (non-hydrogen) atoms. The molecule has 2 aliphatic rings. The van der Waals surface area contributed by atoms with Gasteiger partial charge in [-0.05, 0) is 39.4 Å². The van der Waals surface area contributed by atoms with E-state index in [1.807, 2.05) is 0 Å². The minimum absolute atomic E-state index is 0.329. The summed E-state index contributed by atoms with van der Waals surface area (Å²) in [5.74, 6) is 0.769. The van der Waals surface area contributed by atoms with Crippen LogP contribution in [-0.2, 0) is 4.74 Å². The molecule has 0 aromatic carbocycles. The van der Waals surface area contributed by atoms with Gasteiger partial charge >= 0.3 is 0 Å². The Kier molecular flexibility index (Phi) is 5.84. The Morgan fingerprint density at radius 1 is 1.35 bits per heavy atom. The first-order valence-electron chi connectivity index (χ1n) is 8.23. The van der Waals surface area contributed by atoms with Crippen LogP contribution in [0.3, 0.4) is 0 Å². The van der Waals surface area contributed by atoms with Crippen LogP contribution in [0.25, 0.3) is 0 Å². The van der Waals surface area contributed by atoms with E-state index in [1.54, 1.807) is 0 Å². The molecule has 0 aromatic heterocycles. The second-order valence-corrected chi connectivity index (χ2v) is 7.14. The lowest BCUT2D eigenvalue weighted by Gasteiger charge is -2.40. The molecule has 0 amide bonds. The van der Waals surface area contributed by atoms with Gasteiger partial charge in [0.05, 0.1) is 6.61 Å². The van der Waals surface area contributed by atoms with Crippen molar-refractivity contribution in [2.75, 3.05) is 60.0 Å². The van der Waals surface area contributed by atoms with E-state index in [-0.39, 0.29) is 0 Å². The molecule has 0 bridgehead atoms. The van der Waals surface area contributed by atoms with Crippen molar-refractivity contribution in [2.24, 2.45) is 11.3 Å². The summed E-state index contributed by atoms with van der Waals surface area (Å²) in [6, 6.07) is 0.704. The third-order valence-electron chi connectivity index (χ3n) is 5.02. The van der Waals surface area contributed by atoms with E-state index < -0.39 is 0 Å². The minimum Gasteiger partial charge on any atom is -0.381 e. The van der Waals surface area contributed by atoms with E-state index in [0.29, 0.717) is 11.5 Å². The lowest BCUT2D eigenvalue weighted by molar-refractivity contribution is -0.0236. The Labute approximate surface area is 124 Å². The number of likely N-dealkylation sites (tertiary alicyclic amines) is 1. The van der Waals surface area contributed by atoms with Crippen LogP contribution in [0.4, 0.5) is 0 Å². The van der Waals surface area contributed by atoms with Gasteiger partial charge in [-0.25, -0.2) is 0 Å². The van der Waals surface area contributed by atoms with Crippen LogP contribution in [0.5, 0.6) is 0 Å². The first kappa shape index (κ1) is 16.2. The van der Waals surface area contributed by atoms with E-state index in [1.165, 1.54) is 32.5 Å². The third-order valence-corrected chi connectivity index (χ3v) is 5.02. The van der Waals surface area contributed by atoms with Crippen molar-refractivity contribution in [1.82, 2.24) is 15.1 Å². The predicted molar refractivity (Wildman–Crippen MR) is 84.1 cm³/mol. The van der Waals surface area contributed by atoms with Gasteiger partial charge in [-0.3, -0.25) is 0 Å². The van der Waals surface area contributed by atoms with E-state index in [9.17, 15) is 0 Å². The SMILES string of the molecule is CCNCC1(CN2CC(C)C(N(C)C)C2)CCCOC1. The van der Waals surface area contributed by atoms with Gasteiger partial charge in [0.2, 0.25) is 0 Å². The van der Waals surface area contributed by atoms with E-state index in [2.05, 4.69) is 43.1 Å². The van der Waals surface area contributed by atoms with Crippen molar-refractivity contribution >= 4 is 0 Å². The lowest BCUT2D eigenvalue weighted by atomic mass is 9.81. The monoisotopic (exact) mass is 283 g/mol. The molecule has 4 nitrogen and oxygen atoms in total. The van der Waals surface area contributed by atoms with E-state index in [0.717, 1.165) is 32.2 Å². The average molecular weight is 283 g/mol. The Bertz CT molecular complexity index is 289. The van der Waals surface area contributed by atoms with Gasteiger partial charge in [0, 0.05) is 44.2 Å². The summed E-state index contributed by atoms with van der Waals surface area (Å²) in [6.07, 6.45) is 2.52. The zero-order valence-electron chi connectivity index (χ0n) is 13.8. The highest BCUT2D eigenvalue weighted by Gasteiger charge is 2.38. The molecule has 118 valence electrons. The summed E-state index contributed by atoms with van der Waals surface area (Å²) >= 11 is 0. The largest absolute Gasteiger partial charge is 0.381 e. The topological polar surface area (TPSA) is 27.7 Å². The second kappa shape index (κ2) is 7.21. The summed E-state index contributed by atoms with van der Waals surface area (Å²) < 4.78 is 5.82. The first-order chi connectivity index (χ1) is 9.56. The van der Waals surface area contributed by atoms with Crippen LogP contribution in [0, 0.1) is 11.3 Å². The number of hydrogen-bond donors (Lipinski definition) is 1. The highest BCUT2D eigenvalue weighted by molar-refractivity contribution is 4.93. The molecular formula is C16H33N3O. The maximum atomic E-state index is 5.82. The number of hydrogen-bond acceptors (Lipinski definition) is 4. The fraction of sp³-hybridized carbons (Fsp3) is 1.00. The van der Waals surface area contributed by atoms with Crippen molar-refractivity contribution in [1.29, 1.82) is 0 Å². The maximum absolute atomic E-state index is 5.82. The van der Waals surface area contributed by atoms with Crippen molar-refractivity contribution < 1.29 is 4.74 Å². The molecule has 1 N–H and O–H groups in total. The fourth-order valence-electron chi connectivity index (χ4n) is 3.94. The van der Waals surface area contributed by atoms with Gasteiger partial charge < -0.3 is 19.9 Å². The molecule has 0 radical (unpaired) electrons. The molecule has 2 saturated heterocycles. The van der Waals surface area contributed by atoms with Crippen LogP contribution in [0.15, 0.2) is 0 Å². The smallest absolute Gasteiger partial charge is 0.0546 e. The third kappa shape index (κ3) is 3.94. The molecule has 0 spiro atoms. The van der Waals surface area contributed by atoms with Crippen LogP contribution in [-0.4, -0.2) is 75.9 Å². The zero-order chi connectivity index (χ0) is 14.6. The van der Waals surface area contributed by atoms with Gasteiger partial charge in [-0.15, -0.1) is 0 Å². The van der Waals surface area contributed by atoms with Gasteiger partial charge in [0.1, 0.15) is 0 Å². The van der Waals surface area contributed by atoms with Crippen molar-refractivity contribution in [3.8, 4) is 0 Å². The fourth-order valence-corrected chi connectivity index (χ4v) is 3.94. The van der Waals surface area contributed by atoms with E-state index >= 15 is 0 Å². The summed E-state index contributed by atoms with van der Waals surface area (Å²) in [7, 11) is 4.42. The van der Waals surface area contributed by atoms with Crippen LogP contribution in [0.2, 0.25) is 0 Å². The molecule has 0 aliphatic carbocycles. The summed E-state index contributed by atoms with van der Waals surface area (Å²) in [4.78, 5) is 5.06. The van der Waals surface area contributed by atoms with Gasteiger partial charge in [0.15, 0.2) is 0 Å². The summed E-state index contributed by atoms with van der Waals surface area (Å²) in [5.41, 5.74) is 0.329. The Hall–Kier alpha value is -0.160. The van der Waals surface area contributed by atoms with Crippen LogP contribution < -0.4 is 5.32 Å². The minimum atomic E-state index is 0.329. The van der Waals surface area contributed by atoms with Crippen molar-refractivity contribution in [3.05, 3.63) is 0 Å². The Morgan fingerprint density at radius 2 is 2.15 bits per heavy atom. The molecular weight excluding hydrogens is 250 g/mol. The number of nitrogens with one attached hydrogen (secondary N) is 1. The predicted octanol–water partition coefficient (Wildman–Crippen LogP) is 1.27. The molecule has 0 saturated carbocycles. The normalized spacial score (nSPS) is 35.9. The molecule has 3 atom stereocenters. The Balaban J connectivity index is 1.94. The maximum Gasteiger partial charge on any atom is 0.0546 e. The van der Waals surface area contributed by atoms with Crippen molar-refractivity contribution in [2.45, 2.75) is 32.7 Å². The lowest BCUT2D eigenvalue weighted by Crippen LogP contribution is -2.49. The molecule has 2 heterocycles. The number of rotatable bonds is 6. The molecule has 0 aromatic rings. The van der Waals surface area contributed by atoms with Crippen LogP contribution >= 0.6 is 0 Å². The summed E-state index contributed by atoms with van der Waals surface area (Å²) in [5, 5.41) is 3.56. The number of nitrogens with zero attached hydrogens (tertiary/aromatic N) is 2. The quantitative estimate of drug-likeness (QED) is 0.795. The number of ether oxygens (including phenoxy) is 1. The first-order valence-corrected chi connectivity index (χ1v) is 8.23. The average Bonchev–Trinajstić information content (AvgIpc) is 2.78. The second-order valence-electron chi connectivity index (χ2n) is 7.14.